The van der Waals surface area contributed by atoms with E-state index in [0.717, 1.165) is 61.7 Å². The minimum absolute atomic E-state index is 0.0259. The molecule has 0 radical (unpaired) electrons. The zero-order valence-electron chi connectivity index (χ0n) is 16.2. The average molecular weight is 372 g/mol. The van der Waals surface area contributed by atoms with Gasteiger partial charge in [-0.1, -0.05) is 32.1 Å². The van der Waals surface area contributed by atoms with E-state index < -0.39 is 0 Å². The summed E-state index contributed by atoms with van der Waals surface area (Å²) in [4.78, 5) is 20.2. The molecule has 0 unspecified atom stereocenters. The molecule has 1 saturated carbocycles. The number of rotatable bonds is 10. The van der Waals surface area contributed by atoms with Crippen molar-refractivity contribution in [1.29, 1.82) is 0 Å². The number of unbranched alkanes of at least 4 members (excludes halogenated alkanes) is 3. The van der Waals surface area contributed by atoms with Gasteiger partial charge in [-0.3, -0.25) is 4.79 Å². The van der Waals surface area contributed by atoms with Crippen molar-refractivity contribution in [3.05, 3.63) is 23.8 Å². The topological polar surface area (TPSA) is 95.8 Å². The zero-order chi connectivity index (χ0) is 18.9. The van der Waals surface area contributed by atoms with E-state index >= 15 is 0 Å². The molecule has 0 aliphatic heterocycles. The van der Waals surface area contributed by atoms with Crippen LogP contribution in [-0.4, -0.2) is 35.5 Å². The summed E-state index contributed by atoms with van der Waals surface area (Å²) in [5.41, 5.74) is 7.95. The number of hydrogen-bond donors (Lipinski definition) is 4. The molecule has 2 aromatic rings. The number of nitrogens with one attached hydrogen (secondary N) is 3. The number of nitrogens with zero attached hydrogens (tertiary/aromatic N) is 1. The standard InChI is InChI=1S/C21H33N5O/c22-12-6-1-2-7-13-23-20(27)17-10-11-18-19(14-17)26-21(25-18)24-15-16-8-4-3-5-9-16/h10-11,14,16H,1-9,12-13,15,22H2,(H,23,27)(H2,24,25,26). The second-order valence-electron chi connectivity index (χ2n) is 7.66. The Kier molecular flexibility index (Phi) is 7.51. The maximum Gasteiger partial charge on any atom is 0.251 e. The molecule has 1 aromatic heterocycles. The first-order valence-electron chi connectivity index (χ1n) is 10.5. The van der Waals surface area contributed by atoms with Crippen molar-refractivity contribution in [1.82, 2.24) is 15.3 Å². The first kappa shape index (κ1) is 19.7. The SMILES string of the molecule is NCCCCCCNC(=O)c1ccc2nc(NCC3CCCCC3)[nH]c2c1. The summed E-state index contributed by atoms with van der Waals surface area (Å²) in [6.45, 7) is 2.42. The fourth-order valence-corrected chi connectivity index (χ4v) is 3.79. The number of amides is 1. The number of benzene rings is 1. The fraction of sp³-hybridized carbons (Fsp3) is 0.619. The van der Waals surface area contributed by atoms with Gasteiger partial charge in [-0.25, -0.2) is 4.98 Å². The lowest BCUT2D eigenvalue weighted by molar-refractivity contribution is 0.0953. The van der Waals surface area contributed by atoms with Crippen molar-refractivity contribution >= 4 is 22.9 Å². The molecule has 1 heterocycles. The Morgan fingerprint density at radius 1 is 1.15 bits per heavy atom. The first-order valence-corrected chi connectivity index (χ1v) is 10.5. The Morgan fingerprint density at radius 2 is 1.96 bits per heavy atom. The van der Waals surface area contributed by atoms with E-state index in [-0.39, 0.29) is 5.91 Å². The molecule has 3 rings (SSSR count). The maximum absolute atomic E-state index is 12.3. The minimum atomic E-state index is -0.0259. The number of fused-ring (bicyclic) bond motifs is 1. The zero-order valence-corrected chi connectivity index (χ0v) is 16.2. The summed E-state index contributed by atoms with van der Waals surface area (Å²) in [6.07, 6.45) is 11.0. The van der Waals surface area contributed by atoms with Crippen molar-refractivity contribution in [3.8, 4) is 0 Å². The molecule has 1 aromatic carbocycles. The van der Waals surface area contributed by atoms with Crippen molar-refractivity contribution < 1.29 is 4.79 Å². The number of H-pyrrole nitrogens is 1. The third-order valence-corrected chi connectivity index (χ3v) is 5.44. The monoisotopic (exact) mass is 371 g/mol. The van der Waals surface area contributed by atoms with Crippen LogP contribution in [0.25, 0.3) is 11.0 Å². The predicted molar refractivity (Wildman–Crippen MR) is 111 cm³/mol. The first-order chi connectivity index (χ1) is 13.3. The van der Waals surface area contributed by atoms with Gasteiger partial charge in [-0.2, -0.15) is 0 Å². The third kappa shape index (κ3) is 5.96. The van der Waals surface area contributed by atoms with Gasteiger partial charge in [-0.05, 0) is 56.3 Å². The summed E-state index contributed by atoms with van der Waals surface area (Å²) in [6, 6.07) is 5.64. The van der Waals surface area contributed by atoms with E-state index in [1.165, 1.54) is 32.1 Å². The Morgan fingerprint density at radius 3 is 2.78 bits per heavy atom. The van der Waals surface area contributed by atoms with Crippen molar-refractivity contribution in [2.45, 2.75) is 57.8 Å². The summed E-state index contributed by atoms with van der Waals surface area (Å²) in [5, 5.41) is 6.43. The number of hydrogen-bond acceptors (Lipinski definition) is 4. The molecule has 27 heavy (non-hydrogen) atoms. The van der Waals surface area contributed by atoms with Crippen LogP contribution in [0.1, 0.15) is 68.1 Å². The van der Waals surface area contributed by atoms with Crippen molar-refractivity contribution in [2.24, 2.45) is 11.7 Å². The van der Waals surface area contributed by atoms with Gasteiger partial charge in [0.2, 0.25) is 5.95 Å². The third-order valence-electron chi connectivity index (χ3n) is 5.44. The number of aromatic nitrogens is 2. The number of carbonyl (C=O) groups excluding carboxylic acids is 1. The molecular weight excluding hydrogens is 338 g/mol. The second-order valence-corrected chi connectivity index (χ2v) is 7.66. The lowest BCUT2D eigenvalue weighted by Crippen LogP contribution is -2.24. The van der Waals surface area contributed by atoms with Gasteiger partial charge < -0.3 is 21.4 Å². The number of imidazole rings is 1. The largest absolute Gasteiger partial charge is 0.356 e. The Bertz CT molecular complexity index is 720. The average Bonchev–Trinajstić information content (AvgIpc) is 3.12. The molecular formula is C21H33N5O. The predicted octanol–water partition coefficient (Wildman–Crippen LogP) is 3.80. The van der Waals surface area contributed by atoms with Gasteiger partial charge in [0.15, 0.2) is 0 Å². The molecule has 1 aliphatic carbocycles. The summed E-state index contributed by atoms with van der Waals surface area (Å²) in [5.74, 6) is 1.52. The molecule has 6 heteroatoms. The van der Waals surface area contributed by atoms with Crippen LogP contribution in [0, 0.1) is 5.92 Å². The summed E-state index contributed by atoms with van der Waals surface area (Å²) < 4.78 is 0. The number of carbonyl (C=O) groups is 1. The minimum Gasteiger partial charge on any atom is -0.356 e. The van der Waals surface area contributed by atoms with Crippen LogP contribution < -0.4 is 16.4 Å². The van der Waals surface area contributed by atoms with E-state index in [1.54, 1.807) is 0 Å². The van der Waals surface area contributed by atoms with Gasteiger partial charge in [-0.15, -0.1) is 0 Å². The van der Waals surface area contributed by atoms with Gasteiger partial charge in [0.25, 0.3) is 5.91 Å². The van der Waals surface area contributed by atoms with E-state index in [9.17, 15) is 4.79 Å². The molecule has 0 spiro atoms. The molecule has 1 aliphatic rings. The summed E-state index contributed by atoms with van der Waals surface area (Å²) >= 11 is 0. The van der Waals surface area contributed by atoms with Crippen LogP contribution in [0.5, 0.6) is 0 Å². The normalized spacial score (nSPS) is 15.1. The molecule has 0 saturated heterocycles. The number of nitrogens with two attached hydrogens (primary N) is 1. The number of aromatic amines is 1. The fourth-order valence-electron chi connectivity index (χ4n) is 3.79. The van der Waals surface area contributed by atoms with Gasteiger partial charge in [0, 0.05) is 18.7 Å². The lowest BCUT2D eigenvalue weighted by Gasteiger charge is -2.21. The highest BCUT2D eigenvalue weighted by molar-refractivity contribution is 5.97. The highest BCUT2D eigenvalue weighted by Gasteiger charge is 2.14. The molecule has 1 fully saturated rings. The Balaban J connectivity index is 1.49. The highest BCUT2D eigenvalue weighted by atomic mass is 16.1. The molecule has 5 N–H and O–H groups in total. The van der Waals surface area contributed by atoms with Gasteiger partial charge >= 0.3 is 0 Å². The van der Waals surface area contributed by atoms with Crippen LogP contribution in [0.2, 0.25) is 0 Å². The second kappa shape index (κ2) is 10.3. The van der Waals surface area contributed by atoms with Crippen LogP contribution in [0.3, 0.4) is 0 Å². The van der Waals surface area contributed by atoms with E-state index in [4.69, 9.17) is 5.73 Å². The van der Waals surface area contributed by atoms with Gasteiger partial charge in [0.1, 0.15) is 0 Å². The van der Waals surface area contributed by atoms with Crippen molar-refractivity contribution in [3.63, 3.8) is 0 Å². The molecule has 148 valence electrons. The number of anilines is 1. The van der Waals surface area contributed by atoms with Gasteiger partial charge in [0.05, 0.1) is 11.0 Å². The Labute approximate surface area is 161 Å². The van der Waals surface area contributed by atoms with Crippen LogP contribution in [0.15, 0.2) is 18.2 Å². The van der Waals surface area contributed by atoms with Crippen LogP contribution in [0.4, 0.5) is 5.95 Å². The summed E-state index contributed by atoms with van der Waals surface area (Å²) in [7, 11) is 0. The smallest absolute Gasteiger partial charge is 0.251 e. The maximum atomic E-state index is 12.3. The molecule has 0 bridgehead atoms. The molecule has 1 amide bonds. The van der Waals surface area contributed by atoms with E-state index in [2.05, 4.69) is 20.6 Å². The quantitative estimate of drug-likeness (QED) is 0.478. The van der Waals surface area contributed by atoms with E-state index in [0.29, 0.717) is 12.1 Å². The van der Waals surface area contributed by atoms with Crippen molar-refractivity contribution in [2.75, 3.05) is 25.0 Å². The Hall–Kier alpha value is -2.08. The molecule has 6 nitrogen and oxygen atoms in total. The van der Waals surface area contributed by atoms with Crippen LogP contribution >= 0.6 is 0 Å². The van der Waals surface area contributed by atoms with Crippen LogP contribution in [-0.2, 0) is 0 Å². The lowest BCUT2D eigenvalue weighted by atomic mass is 9.89. The highest BCUT2D eigenvalue weighted by Crippen LogP contribution is 2.24. The van der Waals surface area contributed by atoms with E-state index in [1.807, 2.05) is 18.2 Å². The molecule has 0 atom stereocenters.